The van der Waals surface area contributed by atoms with Gasteiger partial charge in [0.15, 0.2) is 0 Å². The van der Waals surface area contributed by atoms with E-state index in [1.165, 1.54) is 0 Å². The number of aromatic nitrogens is 3. The minimum Gasteiger partial charge on any atom is -0.468 e. The lowest BCUT2D eigenvalue weighted by Crippen LogP contribution is -2.48. The molecule has 7 heteroatoms. The van der Waals surface area contributed by atoms with Crippen LogP contribution in [0.2, 0.25) is 0 Å². The Morgan fingerprint density at radius 1 is 1.10 bits per heavy atom. The Morgan fingerprint density at radius 2 is 1.94 bits per heavy atom. The van der Waals surface area contributed by atoms with Crippen LogP contribution >= 0.6 is 0 Å². The molecule has 1 saturated heterocycles. The Balaban J connectivity index is 1.40. The van der Waals surface area contributed by atoms with Crippen LogP contribution in [0.15, 0.2) is 65.5 Å². The fourth-order valence-corrected chi connectivity index (χ4v) is 4.07. The van der Waals surface area contributed by atoms with Crippen molar-refractivity contribution in [1.29, 1.82) is 0 Å². The molecule has 1 aliphatic rings. The number of nitrogens with zero attached hydrogens (tertiary/aromatic N) is 5. The van der Waals surface area contributed by atoms with Crippen LogP contribution in [0.3, 0.4) is 0 Å². The van der Waals surface area contributed by atoms with Crippen LogP contribution in [0.25, 0.3) is 22.2 Å². The van der Waals surface area contributed by atoms with Crippen molar-refractivity contribution in [3.63, 3.8) is 0 Å². The predicted octanol–water partition coefficient (Wildman–Crippen LogP) is 3.67. The van der Waals surface area contributed by atoms with Crippen LogP contribution in [0.5, 0.6) is 0 Å². The quantitative estimate of drug-likeness (QED) is 0.498. The topological polar surface area (TPSA) is 67.4 Å². The van der Waals surface area contributed by atoms with E-state index in [1.807, 2.05) is 71.4 Å². The second kappa shape index (κ2) is 8.35. The van der Waals surface area contributed by atoms with Crippen molar-refractivity contribution < 1.29 is 9.21 Å². The van der Waals surface area contributed by atoms with E-state index >= 15 is 0 Å². The summed E-state index contributed by atoms with van der Waals surface area (Å²) in [6.45, 7) is 6.65. The predicted molar refractivity (Wildman–Crippen MR) is 119 cm³/mol. The van der Waals surface area contributed by atoms with Gasteiger partial charge in [-0.3, -0.25) is 14.4 Å². The molecule has 0 bridgehead atoms. The third-order valence-corrected chi connectivity index (χ3v) is 5.82. The first-order valence-corrected chi connectivity index (χ1v) is 10.7. The number of rotatable bonds is 5. The molecule has 0 atom stereocenters. The van der Waals surface area contributed by atoms with Gasteiger partial charge in [0.1, 0.15) is 5.76 Å². The molecule has 1 fully saturated rings. The van der Waals surface area contributed by atoms with Gasteiger partial charge in [-0.05, 0) is 31.2 Å². The number of furan rings is 1. The zero-order valence-electron chi connectivity index (χ0n) is 17.6. The van der Waals surface area contributed by atoms with Gasteiger partial charge in [-0.2, -0.15) is 5.10 Å². The van der Waals surface area contributed by atoms with Gasteiger partial charge in [-0.1, -0.05) is 18.2 Å². The standard InChI is InChI=1S/C24H25N5O2/c1-2-29-16-18(15-25-29)23-14-21(20-7-3-4-8-22(20)26-23)24(30)28-11-9-27(10-12-28)17-19-6-5-13-31-19/h3-8,13-16H,2,9-12,17H2,1H3. The number of para-hydroxylation sites is 1. The lowest BCUT2D eigenvalue weighted by atomic mass is 10.0. The summed E-state index contributed by atoms with van der Waals surface area (Å²) in [6, 6.07) is 13.7. The van der Waals surface area contributed by atoms with Crippen molar-refractivity contribution in [3.8, 4) is 11.3 Å². The number of benzene rings is 1. The van der Waals surface area contributed by atoms with Gasteiger partial charge in [-0.15, -0.1) is 0 Å². The lowest BCUT2D eigenvalue weighted by molar-refractivity contribution is 0.0622. The van der Waals surface area contributed by atoms with E-state index in [0.717, 1.165) is 54.1 Å². The molecule has 1 aromatic carbocycles. The zero-order chi connectivity index (χ0) is 21.2. The van der Waals surface area contributed by atoms with E-state index in [2.05, 4.69) is 10.00 Å². The third kappa shape index (κ3) is 3.96. The van der Waals surface area contributed by atoms with Crippen LogP contribution in [0.1, 0.15) is 23.0 Å². The number of aryl methyl sites for hydroxylation is 1. The summed E-state index contributed by atoms with van der Waals surface area (Å²) in [5.41, 5.74) is 3.22. The molecule has 4 heterocycles. The maximum atomic E-state index is 13.5. The molecular weight excluding hydrogens is 390 g/mol. The fraction of sp³-hybridized carbons (Fsp3) is 0.292. The van der Waals surface area contributed by atoms with Gasteiger partial charge >= 0.3 is 0 Å². The molecule has 5 rings (SSSR count). The van der Waals surface area contributed by atoms with Gasteiger partial charge in [0.25, 0.3) is 5.91 Å². The highest BCUT2D eigenvalue weighted by Crippen LogP contribution is 2.26. The molecule has 0 saturated carbocycles. The molecule has 0 N–H and O–H groups in total. The molecular formula is C24H25N5O2. The summed E-state index contributed by atoms with van der Waals surface area (Å²) in [5.74, 6) is 1.01. The highest BCUT2D eigenvalue weighted by Gasteiger charge is 2.25. The molecule has 31 heavy (non-hydrogen) atoms. The summed E-state index contributed by atoms with van der Waals surface area (Å²) in [4.78, 5) is 22.6. The highest BCUT2D eigenvalue weighted by molar-refractivity contribution is 6.07. The first-order valence-electron chi connectivity index (χ1n) is 10.7. The molecule has 158 valence electrons. The molecule has 1 aliphatic heterocycles. The fourth-order valence-electron chi connectivity index (χ4n) is 4.07. The number of pyridine rings is 1. The van der Waals surface area contributed by atoms with Gasteiger partial charge in [0.05, 0.1) is 35.8 Å². The maximum absolute atomic E-state index is 13.5. The van der Waals surface area contributed by atoms with E-state index in [-0.39, 0.29) is 5.91 Å². The van der Waals surface area contributed by atoms with Crippen LogP contribution in [-0.2, 0) is 13.1 Å². The minimum absolute atomic E-state index is 0.0559. The highest BCUT2D eigenvalue weighted by atomic mass is 16.3. The van der Waals surface area contributed by atoms with Crippen LogP contribution in [0, 0.1) is 0 Å². The average Bonchev–Trinajstić information content (AvgIpc) is 3.50. The number of hydrogen-bond donors (Lipinski definition) is 0. The monoisotopic (exact) mass is 415 g/mol. The zero-order valence-corrected chi connectivity index (χ0v) is 17.6. The van der Waals surface area contributed by atoms with E-state index in [1.54, 1.807) is 6.26 Å². The summed E-state index contributed by atoms with van der Waals surface area (Å²) in [7, 11) is 0. The summed E-state index contributed by atoms with van der Waals surface area (Å²) in [5, 5.41) is 5.25. The molecule has 0 aliphatic carbocycles. The molecule has 0 unspecified atom stereocenters. The van der Waals surface area contributed by atoms with Gasteiger partial charge < -0.3 is 9.32 Å². The SMILES string of the molecule is CCn1cc(-c2cc(C(=O)N3CCN(Cc4ccco4)CC3)c3ccccc3n2)cn1. The summed E-state index contributed by atoms with van der Waals surface area (Å²) < 4.78 is 7.32. The largest absolute Gasteiger partial charge is 0.468 e. The number of hydrogen-bond acceptors (Lipinski definition) is 5. The Bertz CT molecular complexity index is 1190. The second-order valence-electron chi connectivity index (χ2n) is 7.80. The summed E-state index contributed by atoms with van der Waals surface area (Å²) in [6.07, 6.45) is 5.48. The van der Waals surface area contributed by atoms with Crippen LogP contribution < -0.4 is 0 Å². The Morgan fingerprint density at radius 3 is 2.68 bits per heavy atom. The van der Waals surface area contributed by atoms with E-state index in [9.17, 15) is 4.79 Å². The minimum atomic E-state index is 0.0559. The molecule has 3 aromatic heterocycles. The Kier molecular flexibility index (Phi) is 5.26. The number of fused-ring (bicyclic) bond motifs is 1. The first-order chi connectivity index (χ1) is 15.2. The Labute approximate surface area is 180 Å². The van der Waals surface area contributed by atoms with Crippen LogP contribution in [0.4, 0.5) is 0 Å². The van der Waals surface area contributed by atoms with E-state index in [0.29, 0.717) is 18.7 Å². The number of amides is 1. The van der Waals surface area contributed by atoms with E-state index in [4.69, 9.17) is 9.40 Å². The smallest absolute Gasteiger partial charge is 0.254 e. The molecule has 0 radical (unpaired) electrons. The van der Waals surface area contributed by atoms with Crippen molar-refractivity contribution in [3.05, 3.63) is 72.4 Å². The average molecular weight is 415 g/mol. The molecule has 1 amide bonds. The normalized spacial score (nSPS) is 14.9. The second-order valence-corrected chi connectivity index (χ2v) is 7.80. The molecule has 7 nitrogen and oxygen atoms in total. The number of carbonyl (C=O) groups excluding carboxylic acids is 1. The Hall–Kier alpha value is -3.45. The first kappa shape index (κ1) is 19.5. The van der Waals surface area contributed by atoms with Gasteiger partial charge in [0.2, 0.25) is 0 Å². The molecule has 4 aromatic rings. The van der Waals surface area contributed by atoms with E-state index < -0.39 is 0 Å². The van der Waals surface area contributed by atoms with Crippen molar-refractivity contribution in [1.82, 2.24) is 24.6 Å². The summed E-state index contributed by atoms with van der Waals surface area (Å²) >= 11 is 0. The maximum Gasteiger partial charge on any atom is 0.254 e. The van der Waals surface area contributed by atoms with Gasteiger partial charge in [0, 0.05) is 49.9 Å². The van der Waals surface area contributed by atoms with Crippen molar-refractivity contribution in [2.24, 2.45) is 0 Å². The third-order valence-electron chi connectivity index (χ3n) is 5.82. The van der Waals surface area contributed by atoms with Crippen molar-refractivity contribution in [2.45, 2.75) is 20.0 Å². The van der Waals surface area contributed by atoms with Crippen molar-refractivity contribution in [2.75, 3.05) is 26.2 Å². The number of carbonyl (C=O) groups is 1. The van der Waals surface area contributed by atoms with Gasteiger partial charge in [-0.25, -0.2) is 4.98 Å². The molecule has 0 spiro atoms. The van der Waals surface area contributed by atoms with Crippen molar-refractivity contribution >= 4 is 16.8 Å². The van der Waals surface area contributed by atoms with Crippen LogP contribution in [-0.4, -0.2) is 56.7 Å². The number of piperazine rings is 1. The lowest BCUT2D eigenvalue weighted by Gasteiger charge is -2.34.